The van der Waals surface area contributed by atoms with Gasteiger partial charge in [0.05, 0.1) is 17.6 Å². The number of Topliss-reactive ketones (excluding diaryl/α,β-unsaturated/α-hetero) is 1. The molecule has 0 N–H and O–H groups in total. The molecule has 78 valence electrons. The fraction of sp³-hybridized carbons (Fsp3) is 0.375. The zero-order chi connectivity index (χ0) is 10.7. The van der Waals surface area contributed by atoms with Crippen molar-refractivity contribution >= 4 is 76.5 Å². The van der Waals surface area contributed by atoms with Crippen molar-refractivity contribution in [3.63, 3.8) is 0 Å². The minimum Gasteiger partial charge on any atom is -0.293 e. The Kier molecular flexibility index (Phi) is 5.63. The van der Waals surface area contributed by atoms with E-state index in [2.05, 4.69) is 47.8 Å². The second-order valence-corrected chi connectivity index (χ2v) is 6.85. The highest BCUT2D eigenvalue weighted by Crippen LogP contribution is 2.41. The summed E-state index contributed by atoms with van der Waals surface area (Å²) in [7, 11) is 0. The smallest absolute Gasteiger partial charge is 0.174 e. The minimum absolute atomic E-state index is 0.133. The van der Waals surface area contributed by atoms with E-state index in [4.69, 9.17) is 11.6 Å². The fourth-order valence-corrected chi connectivity index (χ4v) is 4.11. The standard InChI is InChI=1S/C8H6Br3ClOS/c9-5-6(10)8(11)14-7(5)4(13)2-1-3-12/h1-3H2. The summed E-state index contributed by atoms with van der Waals surface area (Å²) < 4.78 is 2.66. The lowest BCUT2D eigenvalue weighted by Crippen LogP contribution is -1.96. The molecule has 1 nitrogen and oxygen atoms in total. The Morgan fingerprint density at radius 1 is 1.29 bits per heavy atom. The molecule has 0 unspecified atom stereocenters. The highest BCUT2D eigenvalue weighted by Gasteiger charge is 2.17. The largest absolute Gasteiger partial charge is 0.293 e. The number of carbonyl (C=O) groups excluding carboxylic acids is 1. The Bertz CT molecular complexity index is 351. The first kappa shape index (κ1) is 13.2. The first-order valence-electron chi connectivity index (χ1n) is 3.80. The molecule has 0 saturated heterocycles. The molecule has 1 heterocycles. The topological polar surface area (TPSA) is 17.1 Å². The molecular formula is C8H6Br3ClOS. The van der Waals surface area contributed by atoms with Gasteiger partial charge in [0.15, 0.2) is 5.78 Å². The summed E-state index contributed by atoms with van der Waals surface area (Å²) in [5.41, 5.74) is 0. The molecule has 0 aliphatic rings. The van der Waals surface area contributed by atoms with Crippen LogP contribution in [0.1, 0.15) is 22.5 Å². The number of hydrogen-bond donors (Lipinski definition) is 0. The Morgan fingerprint density at radius 3 is 2.36 bits per heavy atom. The van der Waals surface area contributed by atoms with E-state index in [0.717, 1.165) is 24.0 Å². The van der Waals surface area contributed by atoms with Gasteiger partial charge in [-0.1, -0.05) is 0 Å². The zero-order valence-corrected chi connectivity index (χ0v) is 13.3. The number of thiophene rings is 1. The molecule has 0 amide bonds. The highest BCUT2D eigenvalue weighted by molar-refractivity contribution is 9.14. The van der Waals surface area contributed by atoms with Gasteiger partial charge >= 0.3 is 0 Å². The van der Waals surface area contributed by atoms with Crippen LogP contribution in [-0.4, -0.2) is 11.7 Å². The maximum absolute atomic E-state index is 11.7. The molecule has 0 aliphatic carbocycles. The van der Waals surface area contributed by atoms with Crippen molar-refractivity contribution in [1.82, 2.24) is 0 Å². The van der Waals surface area contributed by atoms with Crippen LogP contribution >= 0.6 is 70.7 Å². The Hall–Kier alpha value is 1.10. The van der Waals surface area contributed by atoms with Gasteiger partial charge in [0.25, 0.3) is 0 Å². The summed E-state index contributed by atoms with van der Waals surface area (Å²) in [6.45, 7) is 0. The maximum atomic E-state index is 11.7. The van der Waals surface area contributed by atoms with E-state index in [0.29, 0.717) is 12.3 Å². The van der Waals surface area contributed by atoms with Crippen LogP contribution in [0.5, 0.6) is 0 Å². The van der Waals surface area contributed by atoms with E-state index in [1.807, 2.05) is 0 Å². The third-order valence-corrected chi connectivity index (χ3v) is 6.89. The van der Waals surface area contributed by atoms with Gasteiger partial charge in [-0.05, 0) is 54.2 Å². The molecule has 1 aromatic heterocycles. The monoisotopic (exact) mass is 422 g/mol. The molecule has 14 heavy (non-hydrogen) atoms. The first-order chi connectivity index (χ1) is 6.57. The van der Waals surface area contributed by atoms with E-state index in [1.165, 1.54) is 11.3 Å². The van der Waals surface area contributed by atoms with Crippen LogP contribution in [-0.2, 0) is 0 Å². The zero-order valence-electron chi connectivity index (χ0n) is 6.95. The van der Waals surface area contributed by atoms with E-state index in [-0.39, 0.29) is 5.78 Å². The lowest BCUT2D eigenvalue weighted by molar-refractivity contribution is 0.0985. The molecule has 0 bridgehead atoms. The van der Waals surface area contributed by atoms with Gasteiger partial charge in [-0.15, -0.1) is 22.9 Å². The summed E-state index contributed by atoms with van der Waals surface area (Å²) >= 11 is 17.1. The SMILES string of the molecule is O=C(CCCCl)c1sc(Br)c(Br)c1Br. The second-order valence-electron chi connectivity index (χ2n) is 2.55. The first-order valence-corrected chi connectivity index (χ1v) is 7.53. The maximum Gasteiger partial charge on any atom is 0.174 e. The molecule has 1 aromatic rings. The normalized spacial score (nSPS) is 10.6. The Morgan fingerprint density at radius 2 is 1.93 bits per heavy atom. The number of ketones is 1. The molecule has 0 aromatic carbocycles. The van der Waals surface area contributed by atoms with E-state index < -0.39 is 0 Å². The number of hydrogen-bond acceptors (Lipinski definition) is 2. The quantitative estimate of drug-likeness (QED) is 0.477. The summed E-state index contributed by atoms with van der Waals surface area (Å²) in [5, 5.41) is 0. The van der Waals surface area contributed by atoms with Gasteiger partial charge in [0, 0.05) is 12.3 Å². The molecule has 0 aliphatic heterocycles. The number of alkyl halides is 1. The third-order valence-electron chi connectivity index (χ3n) is 1.55. The average molecular weight is 425 g/mol. The van der Waals surface area contributed by atoms with Crippen LogP contribution in [0.2, 0.25) is 0 Å². The van der Waals surface area contributed by atoms with Gasteiger partial charge in [-0.25, -0.2) is 0 Å². The third kappa shape index (κ3) is 3.04. The Labute approximate surface area is 117 Å². The van der Waals surface area contributed by atoms with Crippen molar-refractivity contribution in [3.8, 4) is 0 Å². The fourth-order valence-electron chi connectivity index (χ4n) is 0.885. The van der Waals surface area contributed by atoms with Gasteiger partial charge in [0.1, 0.15) is 0 Å². The van der Waals surface area contributed by atoms with Crippen LogP contribution in [0, 0.1) is 0 Å². The minimum atomic E-state index is 0.133. The molecule has 1 rings (SSSR count). The predicted octanol–water partition coefficient (Wildman–Crippen LogP) is 5.24. The number of rotatable bonds is 4. The van der Waals surface area contributed by atoms with Crippen molar-refractivity contribution in [3.05, 3.63) is 17.6 Å². The molecule has 0 radical (unpaired) electrons. The van der Waals surface area contributed by atoms with Crippen LogP contribution in [0.4, 0.5) is 0 Å². The Balaban J connectivity index is 2.85. The molecule has 0 fully saturated rings. The molecule has 6 heteroatoms. The van der Waals surface area contributed by atoms with Crippen LogP contribution in [0.25, 0.3) is 0 Å². The van der Waals surface area contributed by atoms with Crippen molar-refractivity contribution < 1.29 is 4.79 Å². The number of carbonyl (C=O) groups is 1. The lowest BCUT2D eigenvalue weighted by Gasteiger charge is -1.96. The average Bonchev–Trinajstić information content (AvgIpc) is 2.42. The molecule has 0 saturated carbocycles. The van der Waals surface area contributed by atoms with Crippen molar-refractivity contribution in [2.24, 2.45) is 0 Å². The molecule has 0 spiro atoms. The number of halogens is 4. The van der Waals surface area contributed by atoms with Gasteiger partial charge in [-0.2, -0.15) is 0 Å². The van der Waals surface area contributed by atoms with Gasteiger partial charge in [0.2, 0.25) is 0 Å². The van der Waals surface area contributed by atoms with E-state index >= 15 is 0 Å². The van der Waals surface area contributed by atoms with Crippen LogP contribution in [0.15, 0.2) is 12.7 Å². The lowest BCUT2D eigenvalue weighted by atomic mass is 10.2. The highest BCUT2D eigenvalue weighted by atomic mass is 79.9. The van der Waals surface area contributed by atoms with E-state index in [1.54, 1.807) is 0 Å². The molecule has 0 atom stereocenters. The van der Waals surface area contributed by atoms with Crippen molar-refractivity contribution in [1.29, 1.82) is 0 Å². The summed E-state index contributed by atoms with van der Waals surface area (Å²) in [6, 6.07) is 0. The summed E-state index contributed by atoms with van der Waals surface area (Å²) in [5.74, 6) is 0.658. The van der Waals surface area contributed by atoms with Crippen molar-refractivity contribution in [2.45, 2.75) is 12.8 Å². The van der Waals surface area contributed by atoms with Gasteiger partial charge < -0.3 is 0 Å². The van der Waals surface area contributed by atoms with Crippen molar-refractivity contribution in [2.75, 3.05) is 5.88 Å². The molecular weight excluding hydrogens is 419 g/mol. The second kappa shape index (κ2) is 5.99. The predicted molar refractivity (Wildman–Crippen MR) is 71.7 cm³/mol. The van der Waals surface area contributed by atoms with Crippen LogP contribution in [0.3, 0.4) is 0 Å². The summed E-state index contributed by atoms with van der Waals surface area (Å²) in [6.07, 6.45) is 1.22. The van der Waals surface area contributed by atoms with E-state index in [9.17, 15) is 4.79 Å². The summed E-state index contributed by atoms with van der Waals surface area (Å²) in [4.78, 5) is 12.4. The van der Waals surface area contributed by atoms with Crippen LogP contribution < -0.4 is 0 Å². The van der Waals surface area contributed by atoms with Gasteiger partial charge in [-0.3, -0.25) is 4.79 Å².